The van der Waals surface area contributed by atoms with Gasteiger partial charge in [0.05, 0.1) is 17.6 Å². The minimum Gasteiger partial charge on any atom is -0.395 e. The Morgan fingerprint density at radius 2 is 2.00 bits per heavy atom. The fraction of sp³-hybridized carbons (Fsp3) is 0.500. The van der Waals surface area contributed by atoms with Crippen molar-refractivity contribution >= 4 is 16.9 Å². The number of carbonyl (C=O) groups is 1. The number of aliphatic hydroxyl groups is 1. The maximum absolute atomic E-state index is 12.3. The van der Waals surface area contributed by atoms with Gasteiger partial charge in [-0.1, -0.05) is 12.1 Å². The minimum atomic E-state index is 0.181. The van der Waals surface area contributed by atoms with Crippen LogP contribution in [0.1, 0.15) is 12.2 Å². The van der Waals surface area contributed by atoms with Crippen LogP contribution in [0.4, 0.5) is 0 Å². The van der Waals surface area contributed by atoms with Crippen LogP contribution in [-0.2, 0) is 11.2 Å². The molecule has 1 fully saturated rings. The maximum atomic E-state index is 12.3. The number of imidazole rings is 1. The number of carbonyl (C=O) groups excluding carboxylic acids is 1. The van der Waals surface area contributed by atoms with E-state index in [1.165, 1.54) is 0 Å². The molecule has 22 heavy (non-hydrogen) atoms. The topological polar surface area (TPSA) is 72.5 Å². The summed E-state index contributed by atoms with van der Waals surface area (Å²) in [5, 5.41) is 8.93. The lowest BCUT2D eigenvalue weighted by Gasteiger charge is -2.34. The number of benzene rings is 1. The number of rotatable bonds is 5. The van der Waals surface area contributed by atoms with Crippen molar-refractivity contribution in [3.63, 3.8) is 0 Å². The number of β-amino-alcohol motifs (C(OH)–C–C–N with tert-alkyl or cyclic N) is 1. The molecule has 0 aliphatic carbocycles. The zero-order valence-corrected chi connectivity index (χ0v) is 12.7. The lowest BCUT2D eigenvalue weighted by atomic mass is 10.2. The number of piperazine rings is 1. The zero-order chi connectivity index (χ0) is 15.4. The summed E-state index contributed by atoms with van der Waals surface area (Å²) >= 11 is 0. The molecule has 3 rings (SSSR count). The van der Waals surface area contributed by atoms with Crippen molar-refractivity contribution in [2.75, 3.05) is 39.3 Å². The smallest absolute Gasteiger partial charge is 0.223 e. The van der Waals surface area contributed by atoms with E-state index in [2.05, 4.69) is 14.9 Å². The quantitative estimate of drug-likeness (QED) is 0.850. The number of nitrogens with zero attached hydrogens (tertiary/aromatic N) is 3. The molecule has 0 radical (unpaired) electrons. The highest BCUT2D eigenvalue weighted by Gasteiger charge is 2.20. The number of hydrogen-bond donors (Lipinski definition) is 2. The summed E-state index contributed by atoms with van der Waals surface area (Å²) < 4.78 is 0. The van der Waals surface area contributed by atoms with Crippen molar-refractivity contribution in [2.24, 2.45) is 0 Å². The first kappa shape index (κ1) is 15.0. The van der Waals surface area contributed by atoms with Crippen LogP contribution in [-0.4, -0.2) is 70.1 Å². The summed E-state index contributed by atoms with van der Waals surface area (Å²) in [7, 11) is 0. The van der Waals surface area contributed by atoms with Crippen LogP contribution in [0.15, 0.2) is 24.3 Å². The summed E-state index contributed by atoms with van der Waals surface area (Å²) in [5.41, 5.74) is 1.96. The van der Waals surface area contributed by atoms with E-state index in [1.54, 1.807) is 0 Å². The zero-order valence-electron chi connectivity index (χ0n) is 12.7. The largest absolute Gasteiger partial charge is 0.395 e. The Hall–Kier alpha value is -1.92. The van der Waals surface area contributed by atoms with E-state index in [1.807, 2.05) is 29.2 Å². The highest BCUT2D eigenvalue weighted by atomic mass is 16.3. The molecule has 0 saturated carbocycles. The molecule has 2 heterocycles. The minimum absolute atomic E-state index is 0.181. The predicted octanol–water partition coefficient (Wildman–Crippen LogP) is 0.632. The second-order valence-electron chi connectivity index (χ2n) is 5.65. The van der Waals surface area contributed by atoms with Gasteiger partial charge in [0.2, 0.25) is 5.91 Å². The average molecular weight is 302 g/mol. The standard InChI is InChI=1S/C16H22N4O2/c21-12-11-19-7-9-20(10-8-19)16(22)6-5-15-17-13-3-1-2-4-14(13)18-15/h1-4,21H,5-12H2,(H,17,18). The first-order valence-corrected chi connectivity index (χ1v) is 7.81. The highest BCUT2D eigenvalue weighted by Crippen LogP contribution is 2.12. The number of aliphatic hydroxyl groups excluding tert-OH is 1. The molecule has 0 bridgehead atoms. The van der Waals surface area contributed by atoms with Crippen molar-refractivity contribution in [3.8, 4) is 0 Å². The molecule has 1 aromatic carbocycles. The number of para-hydroxylation sites is 2. The van der Waals surface area contributed by atoms with Crippen molar-refractivity contribution in [1.29, 1.82) is 0 Å². The molecule has 1 saturated heterocycles. The van der Waals surface area contributed by atoms with Gasteiger partial charge in [0.1, 0.15) is 5.82 Å². The van der Waals surface area contributed by atoms with Crippen LogP contribution in [0, 0.1) is 0 Å². The first-order chi connectivity index (χ1) is 10.8. The summed E-state index contributed by atoms with van der Waals surface area (Å²) in [5.74, 6) is 1.05. The van der Waals surface area contributed by atoms with Gasteiger partial charge in [-0.15, -0.1) is 0 Å². The molecule has 0 spiro atoms. The van der Waals surface area contributed by atoms with Crippen molar-refractivity contribution in [3.05, 3.63) is 30.1 Å². The molecule has 1 amide bonds. The van der Waals surface area contributed by atoms with E-state index in [0.29, 0.717) is 19.4 Å². The fourth-order valence-corrected chi connectivity index (χ4v) is 2.87. The maximum Gasteiger partial charge on any atom is 0.223 e. The van der Waals surface area contributed by atoms with Gasteiger partial charge in [-0.3, -0.25) is 9.69 Å². The number of hydrogen-bond acceptors (Lipinski definition) is 4. The number of nitrogens with one attached hydrogen (secondary N) is 1. The van der Waals surface area contributed by atoms with Crippen molar-refractivity contribution in [1.82, 2.24) is 19.8 Å². The number of aryl methyl sites for hydroxylation is 1. The second-order valence-corrected chi connectivity index (χ2v) is 5.65. The molecule has 0 unspecified atom stereocenters. The molecule has 1 aromatic heterocycles. The van der Waals surface area contributed by atoms with Gasteiger partial charge in [-0.2, -0.15) is 0 Å². The monoisotopic (exact) mass is 302 g/mol. The number of amides is 1. The van der Waals surface area contributed by atoms with Gasteiger partial charge in [-0.25, -0.2) is 4.98 Å². The third-order valence-electron chi connectivity index (χ3n) is 4.16. The van der Waals surface area contributed by atoms with Crippen LogP contribution >= 0.6 is 0 Å². The van der Waals surface area contributed by atoms with Gasteiger partial charge < -0.3 is 15.0 Å². The van der Waals surface area contributed by atoms with Gasteiger partial charge in [-0.05, 0) is 12.1 Å². The Morgan fingerprint density at radius 1 is 1.23 bits per heavy atom. The summed E-state index contributed by atoms with van der Waals surface area (Å²) in [6.07, 6.45) is 1.13. The SMILES string of the molecule is O=C(CCc1nc2ccccc2[nH]1)N1CCN(CCO)CC1. The predicted molar refractivity (Wildman–Crippen MR) is 84.5 cm³/mol. The van der Waals surface area contributed by atoms with Crippen LogP contribution < -0.4 is 0 Å². The number of fused-ring (bicyclic) bond motifs is 1. The highest BCUT2D eigenvalue weighted by molar-refractivity contribution is 5.77. The summed E-state index contributed by atoms with van der Waals surface area (Å²) in [6, 6.07) is 7.90. The lowest BCUT2D eigenvalue weighted by Crippen LogP contribution is -2.49. The normalized spacial score (nSPS) is 16.3. The van der Waals surface area contributed by atoms with Crippen molar-refractivity contribution < 1.29 is 9.90 Å². The van der Waals surface area contributed by atoms with E-state index in [0.717, 1.165) is 43.0 Å². The number of H-pyrrole nitrogens is 1. The molecule has 1 aliphatic rings. The van der Waals surface area contributed by atoms with Gasteiger partial charge in [0.15, 0.2) is 0 Å². The Balaban J connectivity index is 1.50. The molecule has 0 atom stereocenters. The molecular weight excluding hydrogens is 280 g/mol. The van der Waals surface area contributed by atoms with Crippen LogP contribution in [0.2, 0.25) is 0 Å². The third-order valence-corrected chi connectivity index (χ3v) is 4.16. The Kier molecular flexibility index (Phi) is 4.70. The summed E-state index contributed by atoms with van der Waals surface area (Å²) in [6.45, 7) is 4.06. The molecule has 2 aromatic rings. The molecule has 1 aliphatic heterocycles. The van der Waals surface area contributed by atoms with E-state index in [4.69, 9.17) is 5.11 Å². The Labute approximate surface area is 129 Å². The Bertz CT molecular complexity index is 599. The molecule has 6 nitrogen and oxygen atoms in total. The van der Waals surface area contributed by atoms with Crippen LogP contribution in [0.5, 0.6) is 0 Å². The Morgan fingerprint density at radius 3 is 2.73 bits per heavy atom. The molecule has 2 N–H and O–H groups in total. The fourth-order valence-electron chi connectivity index (χ4n) is 2.87. The average Bonchev–Trinajstić information content (AvgIpc) is 2.96. The number of aromatic amines is 1. The van der Waals surface area contributed by atoms with E-state index in [9.17, 15) is 4.79 Å². The molecule has 6 heteroatoms. The number of aromatic nitrogens is 2. The van der Waals surface area contributed by atoms with Gasteiger partial charge in [0.25, 0.3) is 0 Å². The van der Waals surface area contributed by atoms with Gasteiger partial charge >= 0.3 is 0 Å². The van der Waals surface area contributed by atoms with E-state index >= 15 is 0 Å². The van der Waals surface area contributed by atoms with E-state index in [-0.39, 0.29) is 12.5 Å². The van der Waals surface area contributed by atoms with Crippen LogP contribution in [0.25, 0.3) is 11.0 Å². The molecule has 118 valence electrons. The van der Waals surface area contributed by atoms with Crippen LogP contribution in [0.3, 0.4) is 0 Å². The van der Waals surface area contributed by atoms with Gasteiger partial charge in [0, 0.05) is 45.6 Å². The molecular formula is C16H22N4O2. The lowest BCUT2D eigenvalue weighted by molar-refractivity contribution is -0.133. The van der Waals surface area contributed by atoms with Crippen molar-refractivity contribution in [2.45, 2.75) is 12.8 Å². The first-order valence-electron chi connectivity index (χ1n) is 7.81. The van der Waals surface area contributed by atoms with E-state index < -0.39 is 0 Å². The third kappa shape index (κ3) is 3.45. The summed E-state index contributed by atoms with van der Waals surface area (Å²) in [4.78, 5) is 24.1. The second kappa shape index (κ2) is 6.89.